The van der Waals surface area contributed by atoms with Gasteiger partial charge in [0, 0.05) is 11.8 Å². The quantitative estimate of drug-likeness (QED) is 0.657. The van der Waals surface area contributed by atoms with Gasteiger partial charge in [-0.05, 0) is 51.0 Å². The third kappa shape index (κ3) is 5.60. The predicted molar refractivity (Wildman–Crippen MR) is 100 cm³/mol. The molecule has 0 aromatic heterocycles. The average Bonchev–Trinajstić information content (AvgIpc) is 2.55. The molecule has 0 unspecified atom stereocenters. The van der Waals surface area contributed by atoms with Gasteiger partial charge in [-0.1, -0.05) is 47.5 Å². The molecule has 0 saturated carbocycles. The first-order valence-corrected chi connectivity index (χ1v) is 8.18. The molecule has 0 aliphatic rings. The monoisotopic (exact) mass is 337 g/mol. The molecule has 0 aliphatic heterocycles. The number of nitrogens with one attached hydrogen (secondary N) is 1. The Kier molecular flexibility index (Phi) is 6.12. The molecule has 1 amide bonds. The van der Waals surface area contributed by atoms with Gasteiger partial charge in [0.25, 0.3) is 5.91 Å². The summed E-state index contributed by atoms with van der Waals surface area (Å²) in [6, 6.07) is 13.5. The molecule has 0 saturated heterocycles. The zero-order chi connectivity index (χ0) is 18.4. The van der Waals surface area contributed by atoms with Crippen molar-refractivity contribution < 1.29 is 14.3 Å². The van der Waals surface area contributed by atoms with Gasteiger partial charge < -0.3 is 10.1 Å². The number of esters is 1. The lowest BCUT2D eigenvalue weighted by Crippen LogP contribution is -2.29. The van der Waals surface area contributed by atoms with E-state index in [9.17, 15) is 9.59 Å². The summed E-state index contributed by atoms with van der Waals surface area (Å²) in [5, 5.41) is 2.78. The second-order valence-corrected chi connectivity index (χ2v) is 6.13. The van der Waals surface area contributed by atoms with Crippen LogP contribution in [0.2, 0.25) is 0 Å². The van der Waals surface area contributed by atoms with Crippen LogP contribution in [0.5, 0.6) is 0 Å². The van der Waals surface area contributed by atoms with Gasteiger partial charge in [-0.3, -0.25) is 4.79 Å². The van der Waals surface area contributed by atoms with Crippen molar-refractivity contribution in [3.05, 3.63) is 70.8 Å². The van der Waals surface area contributed by atoms with Gasteiger partial charge in [-0.15, -0.1) is 0 Å². The van der Waals surface area contributed by atoms with E-state index in [1.165, 1.54) is 6.08 Å². The fourth-order valence-electron chi connectivity index (χ4n) is 2.39. The Balaban J connectivity index is 1.92. The molecule has 0 bridgehead atoms. The molecule has 4 heteroatoms. The van der Waals surface area contributed by atoms with Crippen molar-refractivity contribution in [2.75, 3.05) is 5.32 Å². The molecule has 0 fully saturated rings. The SMILES string of the molecule is Cc1cccc(/C=C/C(=O)O[C@@H](C)C(=O)Nc2ccc(C)cc2C)c1. The van der Waals surface area contributed by atoms with E-state index < -0.39 is 12.1 Å². The van der Waals surface area contributed by atoms with Crippen molar-refractivity contribution in [1.29, 1.82) is 0 Å². The van der Waals surface area contributed by atoms with Gasteiger partial charge in [0.1, 0.15) is 0 Å². The fourth-order valence-corrected chi connectivity index (χ4v) is 2.39. The van der Waals surface area contributed by atoms with Crippen LogP contribution >= 0.6 is 0 Å². The van der Waals surface area contributed by atoms with E-state index in [2.05, 4.69) is 5.32 Å². The third-order valence-corrected chi connectivity index (χ3v) is 3.76. The van der Waals surface area contributed by atoms with E-state index in [-0.39, 0.29) is 5.91 Å². The van der Waals surface area contributed by atoms with Crippen molar-refractivity contribution >= 4 is 23.6 Å². The summed E-state index contributed by atoms with van der Waals surface area (Å²) in [4.78, 5) is 24.1. The summed E-state index contributed by atoms with van der Waals surface area (Å²) in [6.45, 7) is 7.44. The summed E-state index contributed by atoms with van der Waals surface area (Å²) in [6.07, 6.45) is 2.12. The molecule has 25 heavy (non-hydrogen) atoms. The fraction of sp³-hybridized carbons (Fsp3) is 0.238. The van der Waals surface area contributed by atoms with Gasteiger partial charge in [-0.25, -0.2) is 4.79 Å². The Morgan fingerprint density at radius 1 is 1.04 bits per heavy atom. The Labute approximate surface area is 148 Å². The van der Waals surface area contributed by atoms with Crippen molar-refractivity contribution in [1.82, 2.24) is 0 Å². The van der Waals surface area contributed by atoms with E-state index >= 15 is 0 Å². The average molecular weight is 337 g/mol. The summed E-state index contributed by atoms with van der Waals surface area (Å²) in [7, 11) is 0. The minimum atomic E-state index is -0.879. The lowest BCUT2D eigenvalue weighted by molar-refractivity contribution is -0.148. The van der Waals surface area contributed by atoms with Crippen LogP contribution in [0.1, 0.15) is 29.2 Å². The van der Waals surface area contributed by atoms with Gasteiger partial charge in [-0.2, -0.15) is 0 Å². The molecule has 1 N–H and O–H groups in total. The molecule has 2 aromatic rings. The van der Waals surface area contributed by atoms with Crippen LogP contribution in [0.15, 0.2) is 48.5 Å². The number of benzene rings is 2. The summed E-state index contributed by atoms with van der Waals surface area (Å²) >= 11 is 0. The number of carbonyl (C=O) groups is 2. The first-order valence-electron chi connectivity index (χ1n) is 8.18. The smallest absolute Gasteiger partial charge is 0.331 e. The molecule has 0 aliphatic carbocycles. The minimum absolute atomic E-state index is 0.357. The van der Waals surface area contributed by atoms with Crippen molar-refractivity contribution in [3.63, 3.8) is 0 Å². The Hall–Kier alpha value is -2.88. The van der Waals surface area contributed by atoms with Gasteiger partial charge in [0.2, 0.25) is 0 Å². The highest BCUT2D eigenvalue weighted by Gasteiger charge is 2.17. The summed E-state index contributed by atoms with van der Waals surface area (Å²) in [5.74, 6) is -0.908. The lowest BCUT2D eigenvalue weighted by Gasteiger charge is -2.14. The zero-order valence-corrected chi connectivity index (χ0v) is 15.0. The molecule has 0 heterocycles. The number of rotatable bonds is 5. The van der Waals surface area contributed by atoms with Crippen LogP contribution in [0.25, 0.3) is 6.08 Å². The van der Waals surface area contributed by atoms with Crippen molar-refractivity contribution in [2.45, 2.75) is 33.8 Å². The summed E-state index contributed by atoms with van der Waals surface area (Å²) < 4.78 is 5.16. The number of aryl methyl sites for hydroxylation is 3. The lowest BCUT2D eigenvalue weighted by atomic mass is 10.1. The topological polar surface area (TPSA) is 55.4 Å². The van der Waals surface area contributed by atoms with Crippen LogP contribution < -0.4 is 5.32 Å². The maximum Gasteiger partial charge on any atom is 0.331 e. The molecular formula is C21H23NO3. The normalized spacial score (nSPS) is 12.0. The maximum absolute atomic E-state index is 12.2. The molecular weight excluding hydrogens is 314 g/mol. The molecule has 0 radical (unpaired) electrons. The van der Waals surface area contributed by atoms with Gasteiger partial charge >= 0.3 is 5.97 Å². The van der Waals surface area contributed by atoms with E-state index in [0.29, 0.717) is 5.69 Å². The first-order chi connectivity index (χ1) is 11.8. The second-order valence-electron chi connectivity index (χ2n) is 6.13. The standard InChI is InChI=1S/C21H23NO3/c1-14-6-5-7-18(13-14)9-11-20(23)25-17(4)21(24)22-19-10-8-15(2)12-16(19)3/h5-13,17H,1-4H3,(H,22,24)/b11-9+/t17-/m0/s1. The molecule has 130 valence electrons. The minimum Gasteiger partial charge on any atom is -0.449 e. The van der Waals surface area contributed by atoms with Crippen LogP contribution in [0, 0.1) is 20.8 Å². The largest absolute Gasteiger partial charge is 0.449 e. The van der Waals surface area contributed by atoms with Gasteiger partial charge in [0.05, 0.1) is 0 Å². The van der Waals surface area contributed by atoms with Crippen LogP contribution in [-0.2, 0) is 14.3 Å². The van der Waals surface area contributed by atoms with Crippen LogP contribution in [0.3, 0.4) is 0 Å². The Bertz CT molecular complexity index is 809. The third-order valence-electron chi connectivity index (χ3n) is 3.76. The van der Waals surface area contributed by atoms with E-state index in [0.717, 1.165) is 22.3 Å². The summed E-state index contributed by atoms with van der Waals surface area (Å²) in [5.41, 5.74) is 4.82. The van der Waals surface area contributed by atoms with Crippen molar-refractivity contribution in [2.24, 2.45) is 0 Å². The maximum atomic E-state index is 12.2. The number of ether oxygens (including phenoxy) is 1. The number of hydrogen-bond acceptors (Lipinski definition) is 3. The number of hydrogen-bond donors (Lipinski definition) is 1. The van der Waals surface area contributed by atoms with E-state index in [1.807, 2.05) is 63.2 Å². The van der Waals surface area contributed by atoms with E-state index in [4.69, 9.17) is 4.74 Å². The Morgan fingerprint density at radius 3 is 2.44 bits per heavy atom. The highest BCUT2D eigenvalue weighted by atomic mass is 16.5. The van der Waals surface area contributed by atoms with Crippen LogP contribution in [-0.4, -0.2) is 18.0 Å². The molecule has 2 rings (SSSR count). The van der Waals surface area contributed by atoms with Crippen molar-refractivity contribution in [3.8, 4) is 0 Å². The molecule has 2 aromatic carbocycles. The first kappa shape index (κ1) is 18.5. The van der Waals surface area contributed by atoms with Gasteiger partial charge in [0.15, 0.2) is 6.10 Å². The Morgan fingerprint density at radius 2 is 1.76 bits per heavy atom. The highest BCUT2D eigenvalue weighted by Crippen LogP contribution is 2.16. The number of anilines is 1. The second kappa shape index (κ2) is 8.29. The van der Waals surface area contributed by atoms with Crippen LogP contribution in [0.4, 0.5) is 5.69 Å². The molecule has 1 atom stereocenters. The molecule has 0 spiro atoms. The highest BCUT2D eigenvalue weighted by molar-refractivity contribution is 5.97. The molecule has 4 nitrogen and oxygen atoms in total. The zero-order valence-electron chi connectivity index (χ0n) is 15.0. The van der Waals surface area contributed by atoms with E-state index in [1.54, 1.807) is 13.0 Å². The number of carbonyl (C=O) groups excluding carboxylic acids is 2. The number of amides is 1. The predicted octanol–water partition coefficient (Wildman–Crippen LogP) is 4.20.